The molecule has 2 aromatic heterocycles. The fraction of sp³-hybridized carbons (Fsp3) is 0.316. The molecule has 0 aliphatic rings. The van der Waals surface area contributed by atoms with Crippen molar-refractivity contribution in [1.82, 2.24) is 19.9 Å². The summed E-state index contributed by atoms with van der Waals surface area (Å²) in [6.45, 7) is 2.58. The lowest BCUT2D eigenvalue weighted by Gasteiger charge is -2.12. The summed E-state index contributed by atoms with van der Waals surface area (Å²) in [5.41, 5.74) is 4.68. The second-order valence-electron chi connectivity index (χ2n) is 6.35. The number of hydrogen-bond acceptors (Lipinski definition) is 4. The molecule has 0 fully saturated rings. The number of nitrogens with zero attached hydrogens (tertiary/aromatic N) is 4. The number of anilines is 1. The number of rotatable bonds is 6. The smallest absolute Gasteiger partial charge is 0.251 e. The Labute approximate surface area is 147 Å². The molecule has 0 radical (unpaired) electrons. The summed E-state index contributed by atoms with van der Waals surface area (Å²) >= 11 is 0. The van der Waals surface area contributed by atoms with Crippen molar-refractivity contribution < 1.29 is 4.79 Å². The van der Waals surface area contributed by atoms with E-state index in [-0.39, 0.29) is 5.91 Å². The molecule has 1 N–H and O–H groups in total. The standard InChI is InChI=1S/C19H23N5O/c1-14-11-18-21-12-15(13-24(18)22-14)5-4-10-20-19(25)16-6-8-17(9-7-16)23(2)3/h6-9,11-13H,4-5,10H2,1-3H3,(H,20,25). The Balaban J connectivity index is 1.49. The molecule has 3 rings (SSSR count). The van der Waals surface area contributed by atoms with Gasteiger partial charge in [0.2, 0.25) is 0 Å². The first-order valence-electron chi connectivity index (χ1n) is 8.39. The lowest BCUT2D eigenvalue weighted by molar-refractivity contribution is 0.0953. The lowest BCUT2D eigenvalue weighted by atomic mass is 10.1. The number of nitrogens with one attached hydrogen (secondary N) is 1. The zero-order valence-electron chi connectivity index (χ0n) is 14.9. The lowest BCUT2D eigenvalue weighted by Crippen LogP contribution is -2.24. The summed E-state index contributed by atoms with van der Waals surface area (Å²) in [6, 6.07) is 9.54. The third kappa shape index (κ3) is 4.15. The van der Waals surface area contributed by atoms with Gasteiger partial charge in [0.05, 0.1) is 5.69 Å². The number of carbonyl (C=O) groups is 1. The monoisotopic (exact) mass is 337 g/mol. The first-order chi connectivity index (χ1) is 12.0. The van der Waals surface area contributed by atoms with Crippen molar-refractivity contribution in [2.24, 2.45) is 0 Å². The molecule has 0 bridgehead atoms. The highest BCUT2D eigenvalue weighted by Crippen LogP contribution is 2.12. The van der Waals surface area contributed by atoms with Crippen molar-refractivity contribution in [3.05, 3.63) is 59.5 Å². The van der Waals surface area contributed by atoms with E-state index < -0.39 is 0 Å². The summed E-state index contributed by atoms with van der Waals surface area (Å²) < 4.78 is 1.80. The summed E-state index contributed by atoms with van der Waals surface area (Å²) in [5.74, 6) is -0.0402. The van der Waals surface area contributed by atoms with Gasteiger partial charge in [-0.15, -0.1) is 0 Å². The predicted octanol–water partition coefficient (Wildman–Crippen LogP) is 2.47. The van der Waals surface area contributed by atoms with Crippen LogP contribution in [0.15, 0.2) is 42.7 Å². The molecule has 1 aromatic carbocycles. The zero-order valence-corrected chi connectivity index (χ0v) is 14.9. The van der Waals surface area contributed by atoms with Crippen molar-refractivity contribution in [1.29, 1.82) is 0 Å². The third-order valence-electron chi connectivity index (χ3n) is 4.06. The molecule has 3 aromatic rings. The van der Waals surface area contributed by atoms with E-state index in [1.807, 2.05) is 68.6 Å². The molecule has 1 amide bonds. The van der Waals surface area contributed by atoms with Gasteiger partial charge in [-0.25, -0.2) is 9.50 Å². The SMILES string of the molecule is Cc1cc2ncc(CCCNC(=O)c3ccc(N(C)C)cc3)cn2n1. The molecule has 0 saturated carbocycles. The minimum absolute atomic E-state index is 0.0402. The van der Waals surface area contributed by atoms with Crippen LogP contribution in [0.4, 0.5) is 5.69 Å². The van der Waals surface area contributed by atoms with Crippen LogP contribution in [0.5, 0.6) is 0 Å². The van der Waals surface area contributed by atoms with Gasteiger partial charge in [-0.05, 0) is 49.6 Å². The molecular weight excluding hydrogens is 314 g/mol. The highest BCUT2D eigenvalue weighted by molar-refractivity contribution is 5.94. The van der Waals surface area contributed by atoms with Gasteiger partial charge in [0.15, 0.2) is 5.65 Å². The Morgan fingerprint density at radius 1 is 1.24 bits per heavy atom. The van der Waals surface area contributed by atoms with Crippen LogP contribution in [0.25, 0.3) is 5.65 Å². The molecule has 25 heavy (non-hydrogen) atoms. The van der Waals surface area contributed by atoms with Gasteiger partial charge in [0.25, 0.3) is 5.91 Å². The van der Waals surface area contributed by atoms with E-state index in [9.17, 15) is 4.79 Å². The number of amides is 1. The molecule has 2 heterocycles. The van der Waals surface area contributed by atoms with Gasteiger partial charge in [0.1, 0.15) is 0 Å². The predicted molar refractivity (Wildman–Crippen MR) is 99.1 cm³/mol. The van der Waals surface area contributed by atoms with Crippen LogP contribution in [0.1, 0.15) is 28.0 Å². The largest absolute Gasteiger partial charge is 0.378 e. The van der Waals surface area contributed by atoms with Crippen LogP contribution < -0.4 is 10.2 Å². The Morgan fingerprint density at radius 2 is 2.00 bits per heavy atom. The van der Waals surface area contributed by atoms with Gasteiger partial charge in [-0.1, -0.05) is 0 Å². The maximum Gasteiger partial charge on any atom is 0.251 e. The highest BCUT2D eigenvalue weighted by Gasteiger charge is 2.06. The van der Waals surface area contributed by atoms with Gasteiger partial charge >= 0.3 is 0 Å². The molecular formula is C19H23N5O. The number of aromatic nitrogens is 3. The highest BCUT2D eigenvalue weighted by atomic mass is 16.1. The van der Waals surface area contributed by atoms with Gasteiger partial charge in [-0.3, -0.25) is 4.79 Å². The van der Waals surface area contributed by atoms with Crippen molar-refractivity contribution >= 4 is 17.2 Å². The molecule has 0 spiro atoms. The van der Waals surface area contributed by atoms with E-state index in [1.165, 1.54) is 0 Å². The number of fused-ring (bicyclic) bond motifs is 1. The number of hydrogen-bond donors (Lipinski definition) is 1. The average Bonchev–Trinajstić information content (AvgIpc) is 2.98. The Bertz CT molecular complexity index is 867. The number of benzene rings is 1. The number of carbonyl (C=O) groups excluding carboxylic acids is 1. The maximum absolute atomic E-state index is 12.2. The van der Waals surface area contributed by atoms with E-state index >= 15 is 0 Å². The Morgan fingerprint density at radius 3 is 2.72 bits per heavy atom. The topological polar surface area (TPSA) is 62.5 Å². The summed E-state index contributed by atoms with van der Waals surface area (Å²) in [6.07, 6.45) is 5.58. The summed E-state index contributed by atoms with van der Waals surface area (Å²) in [5, 5.41) is 7.33. The molecule has 6 heteroatoms. The van der Waals surface area contributed by atoms with E-state index in [2.05, 4.69) is 15.4 Å². The molecule has 0 saturated heterocycles. The second-order valence-corrected chi connectivity index (χ2v) is 6.35. The average molecular weight is 337 g/mol. The quantitative estimate of drug-likeness (QED) is 0.702. The first-order valence-corrected chi connectivity index (χ1v) is 8.39. The van der Waals surface area contributed by atoms with E-state index in [0.717, 1.165) is 35.4 Å². The fourth-order valence-corrected chi connectivity index (χ4v) is 2.67. The normalized spacial score (nSPS) is 10.8. The third-order valence-corrected chi connectivity index (χ3v) is 4.06. The molecule has 6 nitrogen and oxygen atoms in total. The van der Waals surface area contributed by atoms with Gasteiger partial charge in [0, 0.05) is 50.4 Å². The molecule has 130 valence electrons. The molecule has 0 unspecified atom stereocenters. The van der Waals surface area contributed by atoms with E-state index in [1.54, 1.807) is 4.52 Å². The van der Waals surface area contributed by atoms with Crippen LogP contribution in [0, 0.1) is 6.92 Å². The summed E-state index contributed by atoms with van der Waals surface area (Å²) in [7, 11) is 3.96. The fourth-order valence-electron chi connectivity index (χ4n) is 2.67. The van der Waals surface area contributed by atoms with Crippen LogP contribution in [0.2, 0.25) is 0 Å². The van der Waals surface area contributed by atoms with Crippen LogP contribution in [-0.2, 0) is 6.42 Å². The zero-order chi connectivity index (χ0) is 17.8. The van der Waals surface area contributed by atoms with E-state index in [0.29, 0.717) is 12.1 Å². The van der Waals surface area contributed by atoms with Crippen LogP contribution in [-0.4, -0.2) is 41.1 Å². The van der Waals surface area contributed by atoms with Gasteiger partial charge < -0.3 is 10.2 Å². The van der Waals surface area contributed by atoms with Crippen LogP contribution >= 0.6 is 0 Å². The maximum atomic E-state index is 12.2. The minimum atomic E-state index is -0.0402. The van der Waals surface area contributed by atoms with Crippen molar-refractivity contribution in [3.63, 3.8) is 0 Å². The minimum Gasteiger partial charge on any atom is -0.378 e. The van der Waals surface area contributed by atoms with E-state index in [4.69, 9.17) is 0 Å². The first kappa shape index (κ1) is 17.0. The van der Waals surface area contributed by atoms with Crippen molar-refractivity contribution in [2.75, 3.05) is 25.5 Å². The Kier molecular flexibility index (Phi) is 4.97. The van der Waals surface area contributed by atoms with Crippen molar-refractivity contribution in [3.8, 4) is 0 Å². The van der Waals surface area contributed by atoms with Crippen molar-refractivity contribution in [2.45, 2.75) is 19.8 Å². The Hall–Kier alpha value is -2.89. The number of aryl methyl sites for hydroxylation is 2. The molecule has 0 aliphatic heterocycles. The van der Waals surface area contributed by atoms with Crippen LogP contribution in [0.3, 0.4) is 0 Å². The molecule has 0 aliphatic carbocycles. The second kappa shape index (κ2) is 7.34. The van der Waals surface area contributed by atoms with Gasteiger partial charge in [-0.2, -0.15) is 5.10 Å². The molecule has 0 atom stereocenters. The summed E-state index contributed by atoms with van der Waals surface area (Å²) in [4.78, 5) is 18.6.